The van der Waals surface area contributed by atoms with Crippen molar-refractivity contribution in [2.45, 2.75) is 27.7 Å². The molecule has 0 fully saturated rings. The largest absolute Gasteiger partial charge is 0.358 e. The molecule has 0 spiro atoms. The first-order valence-electron chi connectivity index (χ1n) is 9.69. The number of amides is 2. The molecular formula is C22H27N4O2. The number of hydrogen-bond donors (Lipinski definition) is 3. The number of aromatic nitrogens is 1. The Labute approximate surface area is 166 Å². The highest BCUT2D eigenvalue weighted by molar-refractivity contribution is 6.34. The maximum absolute atomic E-state index is 12.7. The van der Waals surface area contributed by atoms with E-state index < -0.39 is 0 Å². The summed E-state index contributed by atoms with van der Waals surface area (Å²) in [5.41, 5.74) is 5.23. The summed E-state index contributed by atoms with van der Waals surface area (Å²) in [5, 5.41) is 5.86. The molecule has 28 heavy (non-hydrogen) atoms. The van der Waals surface area contributed by atoms with Gasteiger partial charge in [0, 0.05) is 35.7 Å². The molecule has 0 atom stereocenters. The molecule has 2 aromatic rings. The molecule has 6 nitrogen and oxygen atoms in total. The van der Waals surface area contributed by atoms with Gasteiger partial charge in [-0.15, -0.1) is 0 Å². The van der Waals surface area contributed by atoms with Gasteiger partial charge in [0.2, 0.25) is 0 Å². The van der Waals surface area contributed by atoms with Crippen LogP contribution >= 0.6 is 0 Å². The summed E-state index contributed by atoms with van der Waals surface area (Å²) in [4.78, 5) is 30.6. The van der Waals surface area contributed by atoms with Gasteiger partial charge in [0.15, 0.2) is 0 Å². The van der Waals surface area contributed by atoms with Crippen LogP contribution in [0.1, 0.15) is 46.7 Å². The maximum Gasteiger partial charge on any atom is 0.256 e. The zero-order chi connectivity index (χ0) is 20.3. The highest BCUT2D eigenvalue weighted by Gasteiger charge is 2.25. The Kier molecular flexibility index (Phi) is 5.99. The Morgan fingerprint density at radius 1 is 1.29 bits per heavy atom. The van der Waals surface area contributed by atoms with Gasteiger partial charge in [0.25, 0.3) is 11.8 Å². The number of carbonyl (C=O) groups is 2. The maximum atomic E-state index is 12.7. The summed E-state index contributed by atoms with van der Waals surface area (Å²) in [6.07, 6.45) is 1.81. The molecule has 1 radical (unpaired) electrons. The quantitative estimate of drug-likeness (QED) is 0.647. The first-order valence-corrected chi connectivity index (χ1v) is 9.69. The molecule has 0 bridgehead atoms. The third-order valence-electron chi connectivity index (χ3n) is 5.25. The monoisotopic (exact) mass is 379 g/mol. The van der Waals surface area contributed by atoms with Crippen molar-refractivity contribution in [2.24, 2.45) is 0 Å². The molecule has 1 aliphatic heterocycles. The number of nitrogens with zero attached hydrogens (tertiary/aromatic N) is 1. The SMILES string of the molecule is CCN(CC)CCNC(=O)c1c(C)[nH]c(/C=C2\C(=O)Nc3cc[c]cc32)c1C. The van der Waals surface area contributed by atoms with Crippen LogP contribution in [0.3, 0.4) is 0 Å². The van der Waals surface area contributed by atoms with Gasteiger partial charge in [-0.05, 0) is 56.8 Å². The van der Waals surface area contributed by atoms with E-state index in [4.69, 9.17) is 0 Å². The molecule has 1 aromatic heterocycles. The second-order valence-corrected chi connectivity index (χ2v) is 6.93. The molecule has 147 valence electrons. The molecule has 2 amide bonds. The minimum Gasteiger partial charge on any atom is -0.358 e. The summed E-state index contributed by atoms with van der Waals surface area (Å²) >= 11 is 0. The van der Waals surface area contributed by atoms with Crippen LogP contribution in [0.2, 0.25) is 0 Å². The zero-order valence-corrected chi connectivity index (χ0v) is 16.9. The fourth-order valence-electron chi connectivity index (χ4n) is 3.58. The van der Waals surface area contributed by atoms with E-state index in [2.05, 4.69) is 40.4 Å². The Bertz CT molecular complexity index is 923. The fourth-order valence-corrected chi connectivity index (χ4v) is 3.58. The predicted molar refractivity (Wildman–Crippen MR) is 112 cm³/mol. The molecule has 0 saturated heterocycles. The van der Waals surface area contributed by atoms with Gasteiger partial charge >= 0.3 is 0 Å². The number of H-pyrrole nitrogens is 1. The second kappa shape index (κ2) is 8.44. The lowest BCUT2D eigenvalue weighted by Gasteiger charge is -2.18. The van der Waals surface area contributed by atoms with Crippen LogP contribution in [0.4, 0.5) is 5.69 Å². The van der Waals surface area contributed by atoms with E-state index in [1.165, 1.54) is 0 Å². The summed E-state index contributed by atoms with van der Waals surface area (Å²) in [6, 6.07) is 8.41. The van der Waals surface area contributed by atoms with Crippen LogP contribution in [0.15, 0.2) is 18.2 Å². The highest BCUT2D eigenvalue weighted by atomic mass is 16.2. The number of hydrogen-bond acceptors (Lipinski definition) is 3. The number of benzene rings is 1. The van der Waals surface area contributed by atoms with Gasteiger partial charge in [0.1, 0.15) is 0 Å². The van der Waals surface area contributed by atoms with Crippen molar-refractivity contribution in [3.63, 3.8) is 0 Å². The summed E-state index contributed by atoms with van der Waals surface area (Å²) in [5.74, 6) is -0.237. The molecular weight excluding hydrogens is 352 g/mol. The molecule has 3 rings (SSSR count). The molecule has 0 aliphatic carbocycles. The van der Waals surface area contributed by atoms with Gasteiger partial charge in [-0.3, -0.25) is 9.59 Å². The van der Waals surface area contributed by atoms with Crippen molar-refractivity contribution < 1.29 is 9.59 Å². The van der Waals surface area contributed by atoms with Crippen LogP contribution in [-0.2, 0) is 4.79 Å². The van der Waals surface area contributed by atoms with Crippen molar-refractivity contribution in [1.29, 1.82) is 0 Å². The van der Waals surface area contributed by atoms with E-state index in [1.807, 2.05) is 26.0 Å². The van der Waals surface area contributed by atoms with Gasteiger partial charge in [-0.1, -0.05) is 19.9 Å². The van der Waals surface area contributed by atoms with Gasteiger partial charge in [0.05, 0.1) is 11.1 Å². The average molecular weight is 379 g/mol. The first-order chi connectivity index (χ1) is 13.5. The molecule has 0 unspecified atom stereocenters. The number of nitrogens with one attached hydrogen (secondary N) is 3. The highest BCUT2D eigenvalue weighted by Crippen LogP contribution is 2.33. The second-order valence-electron chi connectivity index (χ2n) is 6.93. The topological polar surface area (TPSA) is 77.2 Å². The van der Waals surface area contributed by atoms with E-state index in [0.717, 1.165) is 47.8 Å². The van der Waals surface area contributed by atoms with Crippen LogP contribution in [-0.4, -0.2) is 47.9 Å². The molecule has 3 N–H and O–H groups in total. The van der Waals surface area contributed by atoms with E-state index >= 15 is 0 Å². The Morgan fingerprint density at radius 3 is 2.75 bits per heavy atom. The third kappa shape index (κ3) is 3.87. The van der Waals surface area contributed by atoms with Crippen LogP contribution < -0.4 is 10.6 Å². The molecule has 0 saturated carbocycles. The van der Waals surface area contributed by atoms with Crippen molar-refractivity contribution in [3.8, 4) is 0 Å². The van der Waals surface area contributed by atoms with Crippen molar-refractivity contribution in [1.82, 2.24) is 15.2 Å². The summed E-state index contributed by atoms with van der Waals surface area (Å²) < 4.78 is 0. The van der Waals surface area contributed by atoms with Gasteiger partial charge in [-0.25, -0.2) is 0 Å². The standard InChI is InChI=1S/C22H27N4O2/c1-5-26(6-2)12-11-23-22(28)20-14(3)19(24-15(20)4)13-17-16-9-7-8-10-18(16)25-21(17)27/h8-10,13,24H,5-6,11-12H2,1-4H3,(H,23,28)(H,25,27)/b17-13-. The Balaban J connectivity index is 1.81. The number of aromatic amines is 1. The van der Waals surface area contributed by atoms with Gasteiger partial charge < -0.3 is 20.5 Å². The van der Waals surface area contributed by atoms with Crippen molar-refractivity contribution >= 4 is 29.2 Å². The Hall–Kier alpha value is -2.86. The summed E-state index contributed by atoms with van der Waals surface area (Å²) in [7, 11) is 0. The molecule has 6 heteroatoms. The lowest BCUT2D eigenvalue weighted by molar-refractivity contribution is -0.110. The van der Waals surface area contributed by atoms with Crippen LogP contribution in [0, 0.1) is 19.9 Å². The normalized spacial score (nSPS) is 14.5. The van der Waals surface area contributed by atoms with E-state index in [0.29, 0.717) is 17.7 Å². The van der Waals surface area contributed by atoms with Gasteiger partial charge in [-0.2, -0.15) is 0 Å². The molecule has 1 aromatic carbocycles. The van der Waals surface area contributed by atoms with E-state index in [9.17, 15) is 9.59 Å². The fraction of sp³-hybridized carbons (Fsp3) is 0.364. The van der Waals surface area contributed by atoms with Crippen molar-refractivity contribution in [3.05, 3.63) is 52.3 Å². The zero-order valence-electron chi connectivity index (χ0n) is 16.9. The number of fused-ring (bicyclic) bond motifs is 1. The third-order valence-corrected chi connectivity index (χ3v) is 5.25. The molecule has 1 aliphatic rings. The predicted octanol–water partition coefficient (Wildman–Crippen LogP) is 3.00. The van der Waals surface area contributed by atoms with Crippen LogP contribution in [0.25, 0.3) is 11.6 Å². The minimum atomic E-state index is -0.147. The Morgan fingerprint density at radius 2 is 2.04 bits per heavy atom. The number of likely N-dealkylation sites (N-methyl/N-ethyl adjacent to an activating group) is 1. The first kappa shape index (κ1) is 19.9. The average Bonchev–Trinajstić information content (AvgIpc) is 3.14. The number of aryl methyl sites for hydroxylation is 1. The smallest absolute Gasteiger partial charge is 0.256 e. The number of rotatable bonds is 7. The van der Waals surface area contributed by atoms with E-state index in [-0.39, 0.29) is 11.8 Å². The molecule has 2 heterocycles. The number of carbonyl (C=O) groups excluding carboxylic acids is 2. The summed E-state index contributed by atoms with van der Waals surface area (Å²) in [6.45, 7) is 11.4. The lowest BCUT2D eigenvalue weighted by Crippen LogP contribution is -2.35. The minimum absolute atomic E-state index is 0.0901. The van der Waals surface area contributed by atoms with Crippen molar-refractivity contribution in [2.75, 3.05) is 31.5 Å². The lowest BCUT2D eigenvalue weighted by atomic mass is 10.0. The van der Waals surface area contributed by atoms with E-state index in [1.54, 1.807) is 12.1 Å². The number of anilines is 1. The van der Waals surface area contributed by atoms with Crippen LogP contribution in [0.5, 0.6) is 0 Å².